The highest BCUT2D eigenvalue weighted by Gasteiger charge is 2.15. The zero-order chi connectivity index (χ0) is 15.4. The number of hydrogen-bond donors (Lipinski definition) is 2. The Labute approximate surface area is 132 Å². The molecule has 2 aromatic rings. The Hall–Kier alpha value is -1.86. The summed E-state index contributed by atoms with van der Waals surface area (Å²) in [5.74, 6) is 0.687. The third-order valence-corrected chi connectivity index (χ3v) is 3.99. The molecule has 0 aliphatic rings. The smallest absolute Gasteiger partial charge is 0.271 e. The van der Waals surface area contributed by atoms with Crippen molar-refractivity contribution in [3.05, 3.63) is 41.7 Å². The molecule has 0 fully saturated rings. The summed E-state index contributed by atoms with van der Waals surface area (Å²) >= 11 is 6.85. The van der Waals surface area contributed by atoms with E-state index >= 15 is 0 Å². The fourth-order valence-electron chi connectivity index (χ4n) is 1.94. The maximum Gasteiger partial charge on any atom is 0.271 e. The second-order valence-corrected chi connectivity index (χ2v) is 5.92. The number of benzene rings is 1. The van der Waals surface area contributed by atoms with Gasteiger partial charge in [0.15, 0.2) is 5.69 Å². The number of carbonyl (C=O) groups excluding carboxylic acids is 1. The van der Waals surface area contributed by atoms with Crippen molar-refractivity contribution in [1.29, 1.82) is 0 Å². The van der Waals surface area contributed by atoms with Crippen LogP contribution in [-0.2, 0) is 0 Å². The monoisotopic (exact) mass is 320 g/mol. The number of hydrogen-bond acceptors (Lipinski definition) is 4. The maximum absolute atomic E-state index is 11.6. The number of nitrogens with one attached hydrogen (secondary N) is 1. The van der Waals surface area contributed by atoms with Gasteiger partial charge in [-0.3, -0.25) is 4.79 Å². The van der Waals surface area contributed by atoms with Crippen molar-refractivity contribution in [1.82, 2.24) is 15.1 Å². The molecule has 0 atom stereocenters. The average molecular weight is 320 g/mol. The molecule has 7 heteroatoms. The van der Waals surface area contributed by atoms with Gasteiger partial charge in [0, 0.05) is 23.7 Å². The number of thioether (sulfide) groups is 1. The topological polar surface area (TPSA) is 72.9 Å². The summed E-state index contributed by atoms with van der Waals surface area (Å²) in [6, 6.07) is 7.45. The molecule has 5 nitrogen and oxygen atoms in total. The Morgan fingerprint density at radius 3 is 2.86 bits per heavy atom. The van der Waals surface area contributed by atoms with Crippen LogP contribution in [0.2, 0.25) is 0 Å². The van der Waals surface area contributed by atoms with Crippen LogP contribution < -0.4 is 11.1 Å². The number of carbonyl (C=O) groups is 1. The molecule has 0 saturated carbocycles. The van der Waals surface area contributed by atoms with E-state index in [1.165, 1.54) is 0 Å². The van der Waals surface area contributed by atoms with Crippen molar-refractivity contribution >= 4 is 34.9 Å². The summed E-state index contributed by atoms with van der Waals surface area (Å²) in [6.45, 7) is 2.07. The summed E-state index contributed by atoms with van der Waals surface area (Å²) in [7, 11) is 1.57. The van der Waals surface area contributed by atoms with Crippen molar-refractivity contribution in [2.75, 3.05) is 12.8 Å². The predicted octanol–water partition coefficient (Wildman–Crippen LogP) is 1.98. The summed E-state index contributed by atoms with van der Waals surface area (Å²) in [5, 5.41) is 6.82. The van der Waals surface area contributed by atoms with Crippen molar-refractivity contribution in [3.63, 3.8) is 0 Å². The largest absolute Gasteiger partial charge is 0.389 e. The Morgan fingerprint density at radius 2 is 2.24 bits per heavy atom. The molecule has 0 aliphatic carbocycles. The molecule has 1 amide bonds. The standard InChI is InChI=1S/C14H16N4OS2/c1-3-21-11-6-4-5-10(12(11)13(15)20)18-8-7-9(17-18)14(19)16-2/h4-8H,3H2,1-2H3,(H2,15,20)(H,16,19). The fourth-order valence-corrected chi connectivity index (χ4v) is 3.06. The number of rotatable bonds is 5. The van der Waals surface area contributed by atoms with E-state index in [9.17, 15) is 4.79 Å². The Kier molecular flexibility index (Phi) is 4.98. The zero-order valence-electron chi connectivity index (χ0n) is 11.8. The first-order valence-corrected chi connectivity index (χ1v) is 7.81. The first kappa shape index (κ1) is 15.5. The van der Waals surface area contributed by atoms with Gasteiger partial charge in [-0.1, -0.05) is 25.2 Å². The minimum atomic E-state index is -0.232. The van der Waals surface area contributed by atoms with E-state index in [4.69, 9.17) is 18.0 Å². The van der Waals surface area contributed by atoms with E-state index in [-0.39, 0.29) is 5.91 Å². The van der Waals surface area contributed by atoms with Gasteiger partial charge in [-0.25, -0.2) is 4.68 Å². The van der Waals surface area contributed by atoms with E-state index in [1.54, 1.807) is 35.8 Å². The Bertz CT molecular complexity index is 681. The SMILES string of the molecule is CCSc1cccc(-n2ccc(C(=O)NC)n2)c1C(N)=S. The molecule has 1 heterocycles. The van der Waals surface area contributed by atoms with Gasteiger partial charge in [-0.2, -0.15) is 5.10 Å². The van der Waals surface area contributed by atoms with Crippen LogP contribution in [0, 0.1) is 0 Å². The van der Waals surface area contributed by atoms with E-state index in [0.29, 0.717) is 10.7 Å². The molecule has 21 heavy (non-hydrogen) atoms. The van der Waals surface area contributed by atoms with Gasteiger partial charge in [0.2, 0.25) is 0 Å². The number of nitrogens with zero attached hydrogens (tertiary/aromatic N) is 2. The van der Waals surface area contributed by atoms with Crippen molar-refractivity contribution in [2.45, 2.75) is 11.8 Å². The van der Waals surface area contributed by atoms with Gasteiger partial charge in [-0.05, 0) is 24.0 Å². The molecule has 0 spiro atoms. The summed E-state index contributed by atoms with van der Waals surface area (Å²) in [4.78, 5) is 12.9. The van der Waals surface area contributed by atoms with Gasteiger partial charge in [0.25, 0.3) is 5.91 Å². The molecule has 2 rings (SSSR count). The Morgan fingerprint density at radius 1 is 1.48 bits per heavy atom. The van der Waals surface area contributed by atoms with Gasteiger partial charge in [-0.15, -0.1) is 11.8 Å². The third kappa shape index (κ3) is 3.25. The van der Waals surface area contributed by atoms with Crippen LogP contribution >= 0.6 is 24.0 Å². The fraction of sp³-hybridized carbons (Fsp3) is 0.214. The van der Waals surface area contributed by atoms with Crippen LogP contribution in [0.15, 0.2) is 35.4 Å². The predicted molar refractivity (Wildman–Crippen MR) is 89.2 cm³/mol. The molecule has 0 radical (unpaired) electrons. The molecular weight excluding hydrogens is 304 g/mol. The third-order valence-electron chi connectivity index (χ3n) is 2.85. The van der Waals surface area contributed by atoms with Crippen molar-refractivity contribution in [3.8, 4) is 5.69 Å². The first-order chi connectivity index (χ1) is 10.1. The molecule has 0 bridgehead atoms. The average Bonchev–Trinajstić information content (AvgIpc) is 2.96. The van der Waals surface area contributed by atoms with Gasteiger partial charge >= 0.3 is 0 Å². The van der Waals surface area contributed by atoms with Crippen LogP contribution in [0.4, 0.5) is 0 Å². The van der Waals surface area contributed by atoms with Crippen LogP contribution in [-0.4, -0.2) is 33.5 Å². The minimum absolute atomic E-state index is 0.232. The van der Waals surface area contributed by atoms with E-state index in [0.717, 1.165) is 21.9 Å². The first-order valence-electron chi connectivity index (χ1n) is 6.42. The lowest BCUT2D eigenvalue weighted by Gasteiger charge is -2.12. The summed E-state index contributed by atoms with van der Waals surface area (Å²) in [6.07, 6.45) is 1.72. The van der Waals surface area contributed by atoms with Crippen molar-refractivity contribution in [2.24, 2.45) is 5.73 Å². The molecular formula is C14H16N4OS2. The molecule has 3 N–H and O–H groups in total. The highest BCUT2D eigenvalue weighted by atomic mass is 32.2. The quantitative estimate of drug-likeness (QED) is 0.651. The normalized spacial score (nSPS) is 10.4. The number of amides is 1. The number of aromatic nitrogens is 2. The number of nitrogens with two attached hydrogens (primary N) is 1. The van der Waals surface area contributed by atoms with Gasteiger partial charge in [0.05, 0.1) is 5.69 Å². The highest BCUT2D eigenvalue weighted by molar-refractivity contribution is 7.99. The molecule has 0 saturated heterocycles. The summed E-state index contributed by atoms with van der Waals surface area (Å²) < 4.78 is 1.62. The van der Waals surface area contributed by atoms with Gasteiger partial charge < -0.3 is 11.1 Å². The van der Waals surface area contributed by atoms with Gasteiger partial charge in [0.1, 0.15) is 4.99 Å². The summed E-state index contributed by atoms with van der Waals surface area (Å²) in [5.41, 5.74) is 7.78. The zero-order valence-corrected chi connectivity index (χ0v) is 13.4. The highest BCUT2D eigenvalue weighted by Crippen LogP contribution is 2.27. The van der Waals surface area contributed by atoms with Crippen LogP contribution in [0.5, 0.6) is 0 Å². The van der Waals surface area contributed by atoms with E-state index in [2.05, 4.69) is 17.3 Å². The lowest BCUT2D eigenvalue weighted by atomic mass is 10.2. The van der Waals surface area contributed by atoms with Crippen molar-refractivity contribution < 1.29 is 4.79 Å². The molecule has 1 aromatic carbocycles. The Balaban J connectivity index is 2.53. The van der Waals surface area contributed by atoms with Crippen LogP contribution in [0.25, 0.3) is 5.69 Å². The van der Waals surface area contributed by atoms with Crippen LogP contribution in [0.1, 0.15) is 23.0 Å². The van der Waals surface area contributed by atoms with E-state index in [1.807, 2.05) is 18.2 Å². The minimum Gasteiger partial charge on any atom is -0.389 e. The number of thiocarbonyl (C=S) groups is 1. The maximum atomic E-state index is 11.6. The molecule has 110 valence electrons. The lowest BCUT2D eigenvalue weighted by molar-refractivity contribution is 0.0957. The van der Waals surface area contributed by atoms with E-state index < -0.39 is 0 Å². The second-order valence-electron chi connectivity index (χ2n) is 4.17. The second kappa shape index (κ2) is 6.73. The lowest BCUT2D eigenvalue weighted by Crippen LogP contribution is -2.19. The molecule has 0 unspecified atom stereocenters. The molecule has 0 aliphatic heterocycles. The molecule has 1 aromatic heterocycles. The van der Waals surface area contributed by atoms with Crippen LogP contribution in [0.3, 0.4) is 0 Å².